The van der Waals surface area contributed by atoms with E-state index in [4.69, 9.17) is 5.11 Å². The number of hydrogen-bond donors (Lipinski definition) is 1. The number of aliphatic carboxylic acids is 1. The summed E-state index contributed by atoms with van der Waals surface area (Å²) < 4.78 is 1.09. The van der Waals surface area contributed by atoms with Crippen molar-refractivity contribution in [3.8, 4) is 11.8 Å². The highest BCUT2D eigenvalue weighted by atomic mass is 79.9. The molecule has 0 heterocycles. The summed E-state index contributed by atoms with van der Waals surface area (Å²) >= 11 is 6.67. The first-order chi connectivity index (χ1) is 9.66. The van der Waals surface area contributed by atoms with E-state index in [1.807, 2.05) is 17.1 Å². The highest BCUT2D eigenvalue weighted by Crippen LogP contribution is 2.11. The summed E-state index contributed by atoms with van der Waals surface area (Å²) in [7, 11) is 0. The van der Waals surface area contributed by atoms with Gasteiger partial charge in [-0.15, -0.1) is 0 Å². The van der Waals surface area contributed by atoms with Gasteiger partial charge in [-0.1, -0.05) is 55.9 Å². The molecule has 1 N–H and O–H groups in total. The molecule has 0 radical (unpaired) electrons. The summed E-state index contributed by atoms with van der Waals surface area (Å²) in [5.41, 5.74) is 0. The minimum absolute atomic E-state index is 0.200. The van der Waals surface area contributed by atoms with Crippen molar-refractivity contribution in [2.75, 3.05) is 0 Å². The molecule has 0 aromatic heterocycles. The Morgan fingerprint density at radius 3 is 2.65 bits per heavy atom. The van der Waals surface area contributed by atoms with Gasteiger partial charge < -0.3 is 5.11 Å². The third-order valence-corrected chi connectivity index (χ3v) is 3.23. The molecule has 0 bridgehead atoms. The van der Waals surface area contributed by atoms with Gasteiger partial charge in [0.25, 0.3) is 0 Å². The van der Waals surface area contributed by atoms with Gasteiger partial charge in [-0.25, -0.2) is 0 Å². The van der Waals surface area contributed by atoms with Crippen LogP contribution in [0.2, 0.25) is 0 Å². The van der Waals surface area contributed by atoms with Crippen molar-refractivity contribution >= 4 is 37.8 Å². The zero-order chi connectivity index (χ0) is 15.1. The summed E-state index contributed by atoms with van der Waals surface area (Å²) in [6, 6.07) is 0. The maximum atomic E-state index is 10.3. The maximum absolute atomic E-state index is 10.3. The topological polar surface area (TPSA) is 37.3 Å². The van der Waals surface area contributed by atoms with Gasteiger partial charge in [0, 0.05) is 17.3 Å². The van der Waals surface area contributed by atoms with Crippen LogP contribution in [0.4, 0.5) is 0 Å². The third-order valence-electron chi connectivity index (χ3n) is 2.38. The molecule has 0 aliphatic rings. The van der Waals surface area contributed by atoms with Crippen molar-refractivity contribution < 1.29 is 9.90 Å². The van der Waals surface area contributed by atoms with Crippen molar-refractivity contribution in [3.05, 3.63) is 33.8 Å². The van der Waals surface area contributed by atoms with Crippen molar-refractivity contribution in [1.29, 1.82) is 0 Å². The first kappa shape index (κ1) is 19.2. The Kier molecular flexibility index (Phi) is 14.0. The number of carboxylic acids is 1. The van der Waals surface area contributed by atoms with E-state index in [1.165, 1.54) is 0 Å². The van der Waals surface area contributed by atoms with Crippen molar-refractivity contribution in [2.45, 2.75) is 44.9 Å². The number of carbonyl (C=O) groups is 1. The molecule has 0 aromatic carbocycles. The highest BCUT2D eigenvalue weighted by Gasteiger charge is 1.92. The molecular formula is C16H20Br2O2. The Morgan fingerprint density at radius 2 is 1.95 bits per heavy atom. The van der Waals surface area contributed by atoms with E-state index >= 15 is 0 Å². The number of carboxylic acid groups (broad SMARTS) is 1. The van der Waals surface area contributed by atoms with Crippen LogP contribution in [-0.4, -0.2) is 11.1 Å². The van der Waals surface area contributed by atoms with Crippen molar-refractivity contribution in [3.63, 3.8) is 0 Å². The second kappa shape index (κ2) is 14.6. The summed E-state index contributed by atoms with van der Waals surface area (Å²) in [6.07, 6.45) is 13.9. The summed E-state index contributed by atoms with van der Waals surface area (Å²) in [5.74, 6) is 5.12. The average Bonchev–Trinajstić information content (AvgIpc) is 2.40. The molecule has 110 valence electrons. The normalized spacial score (nSPS) is 11.8. The SMILES string of the molecule is O=C(O)CCCC#C/C=C/CCCCC=C(Br)/C=C/Br. The average molecular weight is 404 g/mol. The van der Waals surface area contributed by atoms with Crippen molar-refractivity contribution in [2.24, 2.45) is 0 Å². The first-order valence-corrected chi connectivity index (χ1v) is 8.35. The van der Waals surface area contributed by atoms with E-state index in [2.05, 4.69) is 55.9 Å². The van der Waals surface area contributed by atoms with Crippen LogP contribution >= 0.6 is 31.9 Å². The van der Waals surface area contributed by atoms with Gasteiger partial charge >= 0.3 is 5.97 Å². The summed E-state index contributed by atoms with van der Waals surface area (Å²) in [5, 5.41) is 8.45. The molecule has 0 unspecified atom stereocenters. The van der Waals surface area contributed by atoms with E-state index in [0.29, 0.717) is 12.8 Å². The molecular weight excluding hydrogens is 384 g/mol. The molecule has 0 aliphatic heterocycles. The van der Waals surface area contributed by atoms with Crippen LogP contribution in [0.3, 0.4) is 0 Å². The zero-order valence-corrected chi connectivity index (χ0v) is 14.6. The molecule has 2 nitrogen and oxygen atoms in total. The number of rotatable bonds is 9. The number of hydrogen-bond acceptors (Lipinski definition) is 1. The molecule has 0 spiro atoms. The Balaban J connectivity index is 3.51. The van der Waals surface area contributed by atoms with Crippen LogP contribution in [-0.2, 0) is 4.79 Å². The van der Waals surface area contributed by atoms with Gasteiger partial charge in [0.1, 0.15) is 0 Å². The summed E-state index contributed by atoms with van der Waals surface area (Å²) in [4.78, 5) is 12.1. The molecule has 0 amide bonds. The molecule has 4 heteroatoms. The summed E-state index contributed by atoms with van der Waals surface area (Å²) in [6.45, 7) is 0. The molecule has 20 heavy (non-hydrogen) atoms. The van der Waals surface area contributed by atoms with Crippen LogP contribution in [0.1, 0.15) is 44.9 Å². The molecule has 0 saturated heterocycles. The molecule has 0 aromatic rings. The first-order valence-electron chi connectivity index (χ1n) is 6.64. The van der Waals surface area contributed by atoms with Gasteiger partial charge in [-0.05, 0) is 49.2 Å². The van der Waals surface area contributed by atoms with E-state index in [-0.39, 0.29) is 6.42 Å². The standard InChI is InChI=1S/C16H20Br2O2/c17-14-13-15(18)11-9-7-5-3-1-2-4-6-8-10-12-16(19)20/h1-2,11,13-14H,3,5,7-10,12H2,(H,19,20)/b2-1+,14-13+,15-11?. The van der Waals surface area contributed by atoms with Crippen molar-refractivity contribution in [1.82, 2.24) is 0 Å². The minimum Gasteiger partial charge on any atom is -0.481 e. The monoisotopic (exact) mass is 402 g/mol. The minimum atomic E-state index is -0.755. The molecule has 0 fully saturated rings. The molecule has 0 atom stereocenters. The molecule has 0 aliphatic carbocycles. The van der Waals surface area contributed by atoms with Gasteiger partial charge in [0.05, 0.1) is 0 Å². The molecule has 0 saturated carbocycles. The van der Waals surface area contributed by atoms with Crippen LogP contribution < -0.4 is 0 Å². The fourth-order valence-electron chi connectivity index (χ4n) is 1.38. The van der Waals surface area contributed by atoms with E-state index in [9.17, 15) is 4.79 Å². The van der Waals surface area contributed by atoms with Crippen LogP contribution in [0.25, 0.3) is 0 Å². The predicted octanol–water partition coefficient (Wildman–Crippen LogP) is 5.55. The zero-order valence-electron chi connectivity index (χ0n) is 11.4. The Bertz CT molecular complexity index is 412. The predicted molar refractivity (Wildman–Crippen MR) is 91.9 cm³/mol. The number of halogens is 2. The highest BCUT2D eigenvalue weighted by molar-refractivity contribution is 9.12. The van der Waals surface area contributed by atoms with Gasteiger partial charge in [-0.3, -0.25) is 4.79 Å². The van der Waals surface area contributed by atoms with Crippen LogP contribution in [0.5, 0.6) is 0 Å². The van der Waals surface area contributed by atoms with Crippen LogP contribution in [0.15, 0.2) is 33.8 Å². The maximum Gasteiger partial charge on any atom is 0.303 e. The third kappa shape index (κ3) is 15.3. The second-order valence-corrected chi connectivity index (χ2v) is 5.58. The number of allylic oxidation sites excluding steroid dienone is 5. The van der Waals surface area contributed by atoms with Gasteiger partial charge in [0.2, 0.25) is 0 Å². The Hall–Kier alpha value is -0.790. The lowest BCUT2D eigenvalue weighted by molar-refractivity contribution is -0.137. The smallest absolute Gasteiger partial charge is 0.303 e. The largest absolute Gasteiger partial charge is 0.481 e. The fraction of sp³-hybridized carbons (Fsp3) is 0.438. The Morgan fingerprint density at radius 1 is 1.20 bits per heavy atom. The van der Waals surface area contributed by atoms with Gasteiger partial charge in [-0.2, -0.15) is 0 Å². The second-order valence-electron chi connectivity index (χ2n) is 4.14. The van der Waals surface area contributed by atoms with E-state index in [1.54, 1.807) is 0 Å². The fourth-order valence-corrected chi connectivity index (χ4v) is 2.38. The lowest BCUT2D eigenvalue weighted by Gasteiger charge is -1.93. The quantitative estimate of drug-likeness (QED) is 0.311. The lowest BCUT2D eigenvalue weighted by atomic mass is 10.2. The Labute approximate surface area is 138 Å². The lowest BCUT2D eigenvalue weighted by Crippen LogP contribution is -1.92. The van der Waals surface area contributed by atoms with Gasteiger partial charge in [0.15, 0.2) is 0 Å². The number of unbranched alkanes of at least 4 members (excludes halogenated alkanes) is 4. The van der Waals surface area contributed by atoms with Crippen LogP contribution in [0, 0.1) is 11.8 Å². The molecule has 0 rings (SSSR count). The van der Waals surface area contributed by atoms with E-state index < -0.39 is 5.97 Å². The van der Waals surface area contributed by atoms with E-state index in [0.717, 1.165) is 30.2 Å².